The van der Waals surface area contributed by atoms with Crippen molar-refractivity contribution >= 4 is 33.0 Å². The van der Waals surface area contributed by atoms with Crippen molar-refractivity contribution in [3.8, 4) is 11.3 Å². The fourth-order valence-corrected chi connectivity index (χ4v) is 3.00. The molecule has 0 radical (unpaired) electrons. The van der Waals surface area contributed by atoms with Gasteiger partial charge in [-0.2, -0.15) is 14.9 Å². The lowest BCUT2D eigenvalue weighted by Gasteiger charge is -2.05. The molecular formula is C19H14BrN5O. The van der Waals surface area contributed by atoms with Gasteiger partial charge in [0.25, 0.3) is 5.56 Å². The fraction of sp³-hybridized carbons (Fsp3) is 0.0526. The van der Waals surface area contributed by atoms with E-state index in [-0.39, 0.29) is 5.56 Å². The molecule has 0 aliphatic heterocycles. The third-order valence-corrected chi connectivity index (χ3v) is 4.56. The zero-order valence-corrected chi connectivity index (χ0v) is 15.4. The van der Waals surface area contributed by atoms with Gasteiger partial charge in [-0.25, -0.2) is 4.98 Å². The molecule has 4 rings (SSSR count). The van der Waals surface area contributed by atoms with Crippen LogP contribution in [0.1, 0.15) is 11.4 Å². The minimum atomic E-state index is -0.196. The highest BCUT2D eigenvalue weighted by atomic mass is 79.9. The second-order valence-corrected chi connectivity index (χ2v) is 6.66. The molecule has 0 aliphatic rings. The van der Waals surface area contributed by atoms with Crippen molar-refractivity contribution in [3.63, 3.8) is 0 Å². The first kappa shape index (κ1) is 16.4. The second-order valence-electron chi connectivity index (χ2n) is 5.74. The highest BCUT2D eigenvalue weighted by Crippen LogP contribution is 2.22. The normalized spacial score (nSPS) is 11.5. The van der Waals surface area contributed by atoms with Crippen LogP contribution in [0, 0.1) is 6.92 Å². The third-order valence-electron chi connectivity index (χ3n) is 4.03. The number of hydrogen-bond donors (Lipinski definition) is 1. The summed E-state index contributed by atoms with van der Waals surface area (Å²) >= 11 is 3.43. The maximum Gasteiger partial charge on any atom is 0.282 e. The van der Waals surface area contributed by atoms with Gasteiger partial charge >= 0.3 is 0 Å². The summed E-state index contributed by atoms with van der Waals surface area (Å²) in [7, 11) is 0. The minimum Gasteiger partial charge on any atom is -0.277 e. The van der Waals surface area contributed by atoms with E-state index in [4.69, 9.17) is 0 Å². The molecule has 0 saturated heterocycles. The fourth-order valence-electron chi connectivity index (χ4n) is 2.73. The Morgan fingerprint density at radius 2 is 1.92 bits per heavy atom. The molecule has 0 bridgehead atoms. The van der Waals surface area contributed by atoms with Crippen LogP contribution in [-0.4, -0.2) is 26.1 Å². The maximum atomic E-state index is 12.7. The summed E-state index contributed by atoms with van der Waals surface area (Å²) in [5, 5.41) is 12.0. The van der Waals surface area contributed by atoms with E-state index in [1.54, 1.807) is 25.4 Å². The Morgan fingerprint density at radius 1 is 1.15 bits per heavy atom. The monoisotopic (exact) mass is 407 g/mol. The van der Waals surface area contributed by atoms with Crippen LogP contribution in [0.3, 0.4) is 0 Å². The van der Waals surface area contributed by atoms with Gasteiger partial charge in [0.1, 0.15) is 5.82 Å². The van der Waals surface area contributed by atoms with E-state index in [0.717, 1.165) is 21.3 Å². The Hall–Kier alpha value is -3.06. The Bertz CT molecular complexity index is 1170. The number of fused-ring (bicyclic) bond motifs is 1. The molecule has 0 saturated carbocycles. The van der Waals surface area contributed by atoms with E-state index in [1.165, 1.54) is 4.68 Å². The first-order valence-corrected chi connectivity index (χ1v) is 8.75. The van der Waals surface area contributed by atoms with Crippen LogP contribution < -0.4 is 5.56 Å². The summed E-state index contributed by atoms with van der Waals surface area (Å²) in [6.07, 6.45) is 3.29. The topological polar surface area (TPSA) is 75.9 Å². The molecule has 128 valence electrons. The van der Waals surface area contributed by atoms with Gasteiger partial charge in [0.2, 0.25) is 0 Å². The summed E-state index contributed by atoms with van der Waals surface area (Å²) < 4.78 is 2.31. The van der Waals surface area contributed by atoms with Gasteiger partial charge in [0.05, 0.1) is 29.0 Å². The molecule has 0 fully saturated rings. The molecule has 0 aliphatic carbocycles. The molecule has 2 aromatic heterocycles. The Balaban J connectivity index is 1.76. The number of para-hydroxylation sites is 1. The Morgan fingerprint density at radius 3 is 2.73 bits per heavy atom. The van der Waals surface area contributed by atoms with Crippen LogP contribution >= 0.6 is 15.9 Å². The SMILES string of the molecule is Cc1nc2ccccc2c(=O)n1/N=C\c1cn[nH]c1-c1ccc(Br)cc1. The largest absolute Gasteiger partial charge is 0.282 e. The van der Waals surface area contributed by atoms with Gasteiger partial charge in [-0.15, -0.1) is 0 Å². The summed E-state index contributed by atoms with van der Waals surface area (Å²) in [6, 6.07) is 15.1. The number of nitrogens with zero attached hydrogens (tertiary/aromatic N) is 4. The molecule has 0 amide bonds. The number of rotatable bonds is 3. The van der Waals surface area contributed by atoms with Gasteiger partial charge in [-0.3, -0.25) is 9.89 Å². The van der Waals surface area contributed by atoms with Crippen molar-refractivity contribution in [2.75, 3.05) is 0 Å². The number of hydrogen-bond acceptors (Lipinski definition) is 4. The Labute approximate surface area is 157 Å². The molecule has 2 aromatic carbocycles. The van der Waals surface area contributed by atoms with Crippen LogP contribution in [0.15, 0.2) is 69.1 Å². The van der Waals surface area contributed by atoms with Crippen molar-refractivity contribution in [2.24, 2.45) is 5.10 Å². The van der Waals surface area contributed by atoms with Crippen molar-refractivity contribution in [2.45, 2.75) is 6.92 Å². The maximum absolute atomic E-state index is 12.7. The zero-order valence-electron chi connectivity index (χ0n) is 13.8. The van der Waals surface area contributed by atoms with Crippen LogP contribution in [0.5, 0.6) is 0 Å². The van der Waals surface area contributed by atoms with Crippen LogP contribution in [0.25, 0.3) is 22.2 Å². The molecule has 4 aromatic rings. The Kier molecular flexibility index (Phi) is 4.22. The van der Waals surface area contributed by atoms with E-state index in [2.05, 4.69) is 36.2 Å². The number of benzene rings is 2. The van der Waals surface area contributed by atoms with Crippen LogP contribution in [0.2, 0.25) is 0 Å². The molecule has 0 unspecified atom stereocenters. The number of halogens is 1. The summed E-state index contributed by atoms with van der Waals surface area (Å²) in [6.45, 7) is 1.76. The summed E-state index contributed by atoms with van der Waals surface area (Å²) in [5.41, 5.74) is 3.07. The third kappa shape index (κ3) is 2.97. The second kappa shape index (κ2) is 6.68. The highest BCUT2D eigenvalue weighted by molar-refractivity contribution is 9.10. The molecule has 26 heavy (non-hydrogen) atoms. The van der Waals surface area contributed by atoms with E-state index >= 15 is 0 Å². The van der Waals surface area contributed by atoms with Crippen molar-refractivity contribution < 1.29 is 0 Å². The van der Waals surface area contributed by atoms with Gasteiger partial charge in [0, 0.05) is 15.6 Å². The smallest absolute Gasteiger partial charge is 0.277 e. The number of aromatic nitrogens is 4. The van der Waals surface area contributed by atoms with E-state index in [1.807, 2.05) is 42.5 Å². The lowest BCUT2D eigenvalue weighted by atomic mass is 10.1. The van der Waals surface area contributed by atoms with Gasteiger partial charge in [0.15, 0.2) is 0 Å². The number of aromatic amines is 1. The van der Waals surface area contributed by atoms with Crippen LogP contribution in [0.4, 0.5) is 0 Å². The molecule has 1 N–H and O–H groups in total. The average molecular weight is 408 g/mol. The highest BCUT2D eigenvalue weighted by Gasteiger charge is 2.08. The van der Waals surface area contributed by atoms with Crippen molar-refractivity contribution in [1.82, 2.24) is 19.9 Å². The standard InChI is InChI=1S/C19H14BrN5O/c1-12-23-17-5-3-2-4-16(17)19(26)25(12)22-11-14-10-21-24-18(14)13-6-8-15(20)9-7-13/h2-11H,1H3,(H,21,24)/b22-11-. The summed E-state index contributed by atoms with van der Waals surface area (Å²) in [5.74, 6) is 0.527. The first-order chi connectivity index (χ1) is 12.6. The molecule has 0 spiro atoms. The van der Waals surface area contributed by atoms with Gasteiger partial charge in [-0.1, -0.05) is 40.2 Å². The predicted octanol–water partition coefficient (Wildman–Crippen LogP) is 3.74. The molecule has 2 heterocycles. The van der Waals surface area contributed by atoms with Crippen molar-refractivity contribution in [3.05, 3.63) is 80.9 Å². The molecular weight excluding hydrogens is 394 g/mol. The number of aryl methyl sites for hydroxylation is 1. The number of nitrogens with one attached hydrogen (secondary N) is 1. The summed E-state index contributed by atoms with van der Waals surface area (Å²) in [4.78, 5) is 17.1. The van der Waals surface area contributed by atoms with E-state index in [9.17, 15) is 4.79 Å². The quantitative estimate of drug-likeness (QED) is 0.525. The first-order valence-electron chi connectivity index (χ1n) is 7.95. The van der Waals surface area contributed by atoms with Gasteiger partial charge < -0.3 is 0 Å². The molecule has 7 heteroatoms. The predicted molar refractivity (Wildman–Crippen MR) is 105 cm³/mol. The lowest BCUT2D eigenvalue weighted by molar-refractivity contribution is 0.771. The number of H-pyrrole nitrogens is 1. The lowest BCUT2D eigenvalue weighted by Crippen LogP contribution is -2.20. The molecule has 0 atom stereocenters. The zero-order chi connectivity index (χ0) is 18.1. The van der Waals surface area contributed by atoms with Crippen LogP contribution in [-0.2, 0) is 0 Å². The van der Waals surface area contributed by atoms with E-state index in [0.29, 0.717) is 16.7 Å². The minimum absolute atomic E-state index is 0.196. The van der Waals surface area contributed by atoms with E-state index < -0.39 is 0 Å². The average Bonchev–Trinajstić information content (AvgIpc) is 3.11. The molecule has 6 nitrogen and oxygen atoms in total. The van der Waals surface area contributed by atoms with Gasteiger partial charge in [-0.05, 0) is 31.2 Å². The van der Waals surface area contributed by atoms with Crippen molar-refractivity contribution in [1.29, 1.82) is 0 Å².